The fraction of sp³-hybridized carbons (Fsp3) is 0. The fourth-order valence-electron chi connectivity index (χ4n) is 7.87. The van der Waals surface area contributed by atoms with Gasteiger partial charge in [-0.3, -0.25) is 0 Å². The van der Waals surface area contributed by atoms with E-state index in [0.717, 1.165) is 83.2 Å². The number of thiophene rings is 1. The highest BCUT2D eigenvalue weighted by atomic mass is 32.1. The van der Waals surface area contributed by atoms with Crippen molar-refractivity contribution in [2.24, 2.45) is 0 Å². The number of hydrogen-bond donors (Lipinski definition) is 0. The number of para-hydroxylation sites is 3. The Morgan fingerprint density at radius 3 is 1.90 bits per heavy atom. The maximum atomic E-state index is 6.49. The lowest BCUT2D eigenvalue weighted by Crippen LogP contribution is -2.10. The van der Waals surface area contributed by atoms with Crippen molar-refractivity contribution >= 4 is 92.4 Å². The molecule has 11 aromatic rings. The number of nitrogens with zero attached hydrogens (tertiary/aromatic N) is 1. The van der Waals surface area contributed by atoms with E-state index in [9.17, 15) is 0 Å². The van der Waals surface area contributed by atoms with E-state index in [2.05, 4.69) is 157 Å². The molecule has 8 aromatic carbocycles. The minimum atomic E-state index is 0.902. The van der Waals surface area contributed by atoms with E-state index in [-0.39, 0.29) is 0 Å². The van der Waals surface area contributed by atoms with Gasteiger partial charge < -0.3 is 13.7 Å². The van der Waals surface area contributed by atoms with Crippen molar-refractivity contribution in [1.29, 1.82) is 0 Å². The molecule has 0 fully saturated rings. The Kier molecular flexibility index (Phi) is 6.42. The van der Waals surface area contributed by atoms with E-state index in [1.807, 2.05) is 35.6 Å². The Morgan fingerprint density at radius 1 is 0.385 bits per heavy atom. The predicted octanol–water partition coefficient (Wildman–Crippen LogP) is 14.7. The summed E-state index contributed by atoms with van der Waals surface area (Å²) in [4.78, 5) is 2.40. The van der Waals surface area contributed by atoms with Crippen molar-refractivity contribution in [1.82, 2.24) is 0 Å². The summed E-state index contributed by atoms with van der Waals surface area (Å²) in [7, 11) is 0. The first kappa shape index (κ1) is 29.1. The zero-order valence-electron chi connectivity index (χ0n) is 27.9. The predicted molar refractivity (Wildman–Crippen MR) is 219 cm³/mol. The van der Waals surface area contributed by atoms with Gasteiger partial charge in [0.05, 0.1) is 5.69 Å². The van der Waals surface area contributed by atoms with Crippen LogP contribution < -0.4 is 4.90 Å². The first-order valence-corrected chi connectivity index (χ1v) is 18.3. The normalized spacial score (nSPS) is 11.8. The van der Waals surface area contributed by atoms with Crippen molar-refractivity contribution in [2.75, 3.05) is 4.90 Å². The molecule has 3 aromatic heterocycles. The third kappa shape index (κ3) is 4.51. The van der Waals surface area contributed by atoms with Gasteiger partial charge in [0.1, 0.15) is 22.3 Å². The first-order valence-electron chi connectivity index (χ1n) is 17.5. The van der Waals surface area contributed by atoms with Crippen LogP contribution in [0.3, 0.4) is 0 Å². The van der Waals surface area contributed by atoms with E-state index in [4.69, 9.17) is 8.83 Å². The van der Waals surface area contributed by atoms with Crippen molar-refractivity contribution in [3.8, 4) is 22.3 Å². The smallest absolute Gasteiger partial charge is 0.143 e. The summed E-state index contributed by atoms with van der Waals surface area (Å²) in [6.07, 6.45) is 0. The topological polar surface area (TPSA) is 29.5 Å². The Labute approximate surface area is 303 Å². The molecule has 0 bridgehead atoms. The van der Waals surface area contributed by atoms with Crippen LogP contribution in [-0.4, -0.2) is 0 Å². The first-order chi connectivity index (χ1) is 25.8. The third-order valence-corrected chi connectivity index (χ3v) is 11.4. The molecule has 0 saturated carbocycles. The van der Waals surface area contributed by atoms with E-state index in [1.165, 1.54) is 20.2 Å². The van der Waals surface area contributed by atoms with Gasteiger partial charge in [0.15, 0.2) is 0 Å². The Bertz CT molecular complexity index is 3150. The second-order valence-corrected chi connectivity index (χ2v) is 14.4. The molecule has 4 heteroatoms. The van der Waals surface area contributed by atoms with Crippen LogP contribution in [0.1, 0.15) is 0 Å². The average molecular weight is 684 g/mol. The maximum Gasteiger partial charge on any atom is 0.143 e. The van der Waals surface area contributed by atoms with Crippen LogP contribution in [0.2, 0.25) is 0 Å². The molecular formula is C48H29NO2S. The van der Waals surface area contributed by atoms with E-state index < -0.39 is 0 Å². The number of fused-ring (bicyclic) bond motifs is 9. The molecule has 0 unspecified atom stereocenters. The molecule has 0 amide bonds. The molecule has 52 heavy (non-hydrogen) atoms. The zero-order valence-corrected chi connectivity index (χ0v) is 28.7. The van der Waals surface area contributed by atoms with Gasteiger partial charge in [-0.05, 0) is 83.4 Å². The summed E-state index contributed by atoms with van der Waals surface area (Å²) in [6.45, 7) is 0. The van der Waals surface area contributed by atoms with E-state index in [1.54, 1.807) is 0 Å². The molecule has 3 heterocycles. The molecule has 3 nitrogen and oxygen atoms in total. The van der Waals surface area contributed by atoms with Crippen molar-refractivity contribution < 1.29 is 8.83 Å². The molecule has 0 saturated heterocycles. The second-order valence-electron chi connectivity index (χ2n) is 13.3. The molecule has 0 atom stereocenters. The molecule has 244 valence electrons. The molecular weight excluding hydrogens is 655 g/mol. The van der Waals surface area contributed by atoms with Crippen LogP contribution in [0.4, 0.5) is 17.1 Å². The Balaban J connectivity index is 1.09. The highest BCUT2D eigenvalue weighted by Crippen LogP contribution is 2.46. The number of benzene rings is 8. The number of anilines is 3. The van der Waals surface area contributed by atoms with Crippen molar-refractivity contribution in [2.45, 2.75) is 0 Å². The quantitative estimate of drug-likeness (QED) is 0.181. The monoisotopic (exact) mass is 683 g/mol. The SMILES string of the molecule is c1cc(-c2cccc3c2oc2ccccc23)cc(N(c2ccc(-c3ccc4oc5ccccc5c4c3)cc2)c2cccc3sc4ccccc4c23)c1. The summed E-state index contributed by atoms with van der Waals surface area (Å²) in [6, 6.07) is 62.6. The summed E-state index contributed by atoms with van der Waals surface area (Å²) < 4.78 is 15.2. The summed E-state index contributed by atoms with van der Waals surface area (Å²) >= 11 is 1.84. The standard InChI is InChI=1S/C48H29NO2S/c1-5-19-43-36(12-1)38-16-8-15-35(48(38)51-43)32-10-7-11-34(28-32)49(41-17-9-21-46-47(41)39-14-3-6-20-45(39)52-46)33-25-22-30(23-26-33)31-24-27-44-40(29-31)37-13-2-4-18-42(37)50-44/h1-29H. The second kappa shape index (κ2) is 11.5. The lowest BCUT2D eigenvalue weighted by atomic mass is 10.00. The number of hydrogen-bond acceptors (Lipinski definition) is 4. The van der Waals surface area contributed by atoms with Gasteiger partial charge in [0.25, 0.3) is 0 Å². The van der Waals surface area contributed by atoms with Crippen LogP contribution in [-0.2, 0) is 0 Å². The summed E-state index contributed by atoms with van der Waals surface area (Å²) in [5.74, 6) is 0. The molecule has 0 N–H and O–H groups in total. The van der Waals surface area contributed by atoms with Gasteiger partial charge in [0.2, 0.25) is 0 Å². The molecule has 0 aliphatic rings. The molecule has 0 radical (unpaired) electrons. The van der Waals surface area contributed by atoms with Gasteiger partial charge in [-0.2, -0.15) is 0 Å². The van der Waals surface area contributed by atoms with E-state index >= 15 is 0 Å². The maximum absolute atomic E-state index is 6.49. The van der Waals surface area contributed by atoms with Crippen LogP contribution in [0.25, 0.3) is 86.3 Å². The highest BCUT2D eigenvalue weighted by molar-refractivity contribution is 7.26. The fourth-order valence-corrected chi connectivity index (χ4v) is 8.99. The molecule has 0 spiro atoms. The number of rotatable bonds is 5. The Hall–Kier alpha value is -6.62. The number of furan rings is 2. The van der Waals surface area contributed by atoms with Gasteiger partial charge in [-0.1, -0.05) is 109 Å². The van der Waals surface area contributed by atoms with Crippen LogP contribution >= 0.6 is 11.3 Å². The van der Waals surface area contributed by atoms with Crippen molar-refractivity contribution in [3.63, 3.8) is 0 Å². The van der Waals surface area contributed by atoms with Gasteiger partial charge in [-0.15, -0.1) is 11.3 Å². The van der Waals surface area contributed by atoms with E-state index in [0.29, 0.717) is 0 Å². The lowest BCUT2D eigenvalue weighted by Gasteiger charge is -2.27. The minimum absolute atomic E-state index is 0.902. The minimum Gasteiger partial charge on any atom is -0.456 e. The third-order valence-electron chi connectivity index (χ3n) is 10.3. The lowest BCUT2D eigenvalue weighted by molar-refractivity contribution is 0.669. The van der Waals surface area contributed by atoms with Crippen LogP contribution in [0.5, 0.6) is 0 Å². The summed E-state index contributed by atoms with van der Waals surface area (Å²) in [5, 5.41) is 7.05. The summed E-state index contributed by atoms with van der Waals surface area (Å²) in [5.41, 5.74) is 11.4. The molecule has 0 aliphatic heterocycles. The van der Waals surface area contributed by atoms with Gasteiger partial charge in [0, 0.05) is 58.7 Å². The van der Waals surface area contributed by atoms with Crippen molar-refractivity contribution in [3.05, 3.63) is 176 Å². The average Bonchev–Trinajstić information content (AvgIpc) is 3.90. The van der Waals surface area contributed by atoms with Crippen LogP contribution in [0.15, 0.2) is 185 Å². The largest absolute Gasteiger partial charge is 0.456 e. The Morgan fingerprint density at radius 2 is 1.04 bits per heavy atom. The molecule has 0 aliphatic carbocycles. The van der Waals surface area contributed by atoms with Gasteiger partial charge >= 0.3 is 0 Å². The zero-order chi connectivity index (χ0) is 34.2. The van der Waals surface area contributed by atoms with Gasteiger partial charge in [-0.25, -0.2) is 0 Å². The van der Waals surface area contributed by atoms with Crippen LogP contribution in [0, 0.1) is 0 Å². The molecule has 11 rings (SSSR count). The highest BCUT2D eigenvalue weighted by Gasteiger charge is 2.20.